The Morgan fingerprint density at radius 2 is 1.66 bits per heavy atom. The third-order valence-electron chi connectivity index (χ3n) is 5.43. The number of aromatic nitrogens is 4. The van der Waals surface area contributed by atoms with E-state index in [1.165, 1.54) is 27.2 Å². The molecule has 4 aromatic rings. The second kappa shape index (κ2) is 8.50. The summed E-state index contributed by atoms with van der Waals surface area (Å²) in [6.07, 6.45) is 2.42. The first-order valence-electron chi connectivity index (χ1n) is 10.3. The lowest BCUT2D eigenvalue weighted by Gasteiger charge is -2.08. The molecule has 0 bridgehead atoms. The number of para-hydroxylation sites is 1. The Balaban J connectivity index is 1.69. The fourth-order valence-electron chi connectivity index (χ4n) is 3.48. The zero-order chi connectivity index (χ0) is 22.8. The normalized spacial score (nSPS) is 10.8. The molecular formula is C24H23N5O3. The molecule has 2 aromatic carbocycles. The van der Waals surface area contributed by atoms with E-state index in [1.807, 2.05) is 42.5 Å². The molecule has 0 aliphatic rings. The maximum absolute atomic E-state index is 13.0. The Morgan fingerprint density at radius 3 is 2.31 bits per heavy atom. The lowest BCUT2D eigenvalue weighted by Crippen LogP contribution is -2.28. The van der Waals surface area contributed by atoms with Crippen molar-refractivity contribution in [3.05, 3.63) is 104 Å². The van der Waals surface area contributed by atoms with Crippen molar-refractivity contribution < 1.29 is 4.79 Å². The molecule has 32 heavy (non-hydrogen) atoms. The molecule has 2 aromatic heterocycles. The number of nitrogens with one attached hydrogen (secondary N) is 1. The van der Waals surface area contributed by atoms with Crippen LogP contribution >= 0.6 is 0 Å². The minimum absolute atomic E-state index is 0.102. The fraction of sp³-hybridized carbons (Fsp3) is 0.167. The summed E-state index contributed by atoms with van der Waals surface area (Å²) in [7, 11) is 1.73. The van der Waals surface area contributed by atoms with E-state index in [4.69, 9.17) is 0 Å². The van der Waals surface area contributed by atoms with Gasteiger partial charge in [-0.3, -0.25) is 19.1 Å². The van der Waals surface area contributed by atoms with Crippen molar-refractivity contribution in [2.24, 2.45) is 7.05 Å². The Hall–Kier alpha value is -4.20. The highest BCUT2D eigenvalue weighted by Gasteiger charge is 2.21. The zero-order valence-electron chi connectivity index (χ0n) is 18.1. The van der Waals surface area contributed by atoms with Gasteiger partial charge in [0.25, 0.3) is 11.5 Å². The van der Waals surface area contributed by atoms with E-state index in [9.17, 15) is 14.4 Å². The molecule has 4 rings (SSSR count). The maximum atomic E-state index is 13.0. The number of carbonyl (C=O) groups excluding carboxylic acids is 1. The topological polar surface area (TPSA) is 90.9 Å². The lowest BCUT2D eigenvalue weighted by atomic mass is 10.1. The van der Waals surface area contributed by atoms with Crippen LogP contribution in [0.4, 0.5) is 5.69 Å². The second-order valence-electron chi connectivity index (χ2n) is 7.38. The van der Waals surface area contributed by atoms with Gasteiger partial charge in [0.05, 0.1) is 17.1 Å². The van der Waals surface area contributed by atoms with Crippen molar-refractivity contribution >= 4 is 11.6 Å². The first kappa shape index (κ1) is 21.0. The summed E-state index contributed by atoms with van der Waals surface area (Å²) >= 11 is 0. The zero-order valence-corrected chi connectivity index (χ0v) is 18.1. The summed E-state index contributed by atoms with van der Waals surface area (Å²) in [5, 5.41) is 6.81. The minimum atomic E-state index is -0.736. The number of amides is 1. The van der Waals surface area contributed by atoms with Gasteiger partial charge in [-0.05, 0) is 43.2 Å². The summed E-state index contributed by atoms with van der Waals surface area (Å²) in [5.74, 6) is -0.736. The van der Waals surface area contributed by atoms with Crippen molar-refractivity contribution in [2.75, 3.05) is 5.32 Å². The molecule has 8 heteroatoms. The van der Waals surface area contributed by atoms with Gasteiger partial charge in [0.2, 0.25) is 5.43 Å². The van der Waals surface area contributed by atoms with Crippen LogP contribution in [0, 0.1) is 6.92 Å². The van der Waals surface area contributed by atoms with Gasteiger partial charge in [0, 0.05) is 19.3 Å². The average molecular weight is 429 g/mol. The van der Waals surface area contributed by atoms with Crippen LogP contribution < -0.4 is 16.3 Å². The number of anilines is 1. The highest BCUT2D eigenvalue weighted by molar-refractivity contribution is 6.02. The van der Waals surface area contributed by atoms with Crippen molar-refractivity contribution in [1.82, 2.24) is 19.1 Å². The van der Waals surface area contributed by atoms with E-state index in [0.29, 0.717) is 11.4 Å². The van der Waals surface area contributed by atoms with Gasteiger partial charge in [-0.25, -0.2) is 9.36 Å². The summed E-state index contributed by atoms with van der Waals surface area (Å²) in [6.45, 7) is 3.79. The van der Waals surface area contributed by atoms with E-state index >= 15 is 0 Å². The lowest BCUT2D eigenvalue weighted by molar-refractivity contribution is 0.101. The molecule has 0 saturated carbocycles. The van der Waals surface area contributed by atoms with Crippen molar-refractivity contribution in [2.45, 2.75) is 20.3 Å². The first-order valence-corrected chi connectivity index (χ1v) is 10.3. The number of nitrogens with zero attached hydrogens (tertiary/aromatic N) is 4. The van der Waals surface area contributed by atoms with E-state index in [2.05, 4.69) is 17.3 Å². The molecule has 2 heterocycles. The molecule has 0 unspecified atom stereocenters. The number of benzene rings is 2. The summed E-state index contributed by atoms with van der Waals surface area (Å²) in [6, 6.07) is 18.1. The Labute approximate surface area is 184 Å². The molecule has 162 valence electrons. The van der Waals surface area contributed by atoms with Gasteiger partial charge >= 0.3 is 0 Å². The van der Waals surface area contributed by atoms with Crippen molar-refractivity contribution in [1.29, 1.82) is 0 Å². The van der Waals surface area contributed by atoms with Crippen molar-refractivity contribution in [3.8, 4) is 11.4 Å². The highest BCUT2D eigenvalue weighted by atomic mass is 16.2. The van der Waals surface area contributed by atoms with Crippen molar-refractivity contribution in [3.63, 3.8) is 0 Å². The maximum Gasteiger partial charge on any atom is 0.295 e. The van der Waals surface area contributed by atoms with Crippen LogP contribution in [-0.2, 0) is 13.5 Å². The Morgan fingerprint density at radius 1 is 0.969 bits per heavy atom. The quantitative estimate of drug-likeness (QED) is 0.528. The summed E-state index contributed by atoms with van der Waals surface area (Å²) in [5.41, 5.74) is 2.00. The van der Waals surface area contributed by atoms with Gasteiger partial charge in [-0.2, -0.15) is 5.10 Å². The molecule has 0 spiro atoms. The minimum Gasteiger partial charge on any atom is -0.314 e. The largest absolute Gasteiger partial charge is 0.314 e. The number of carbonyl (C=O) groups is 1. The molecule has 1 amide bonds. The van der Waals surface area contributed by atoms with Crippen LogP contribution in [-0.4, -0.2) is 25.1 Å². The van der Waals surface area contributed by atoms with Gasteiger partial charge in [0.1, 0.15) is 5.69 Å². The molecule has 0 atom stereocenters. The number of hydrogen-bond donors (Lipinski definition) is 1. The predicted octanol–water partition coefficient (Wildman–Crippen LogP) is 2.85. The van der Waals surface area contributed by atoms with Gasteiger partial charge < -0.3 is 5.32 Å². The summed E-state index contributed by atoms with van der Waals surface area (Å²) < 4.78 is 4.58. The standard InChI is InChI=1S/C24H23N5O3/c1-4-17-10-12-18(13-11-17)28-15-14-20(30)22(26-28)23(31)25-21-16(2)27(3)29(24(21)32)19-8-6-5-7-9-19/h5-15H,4H2,1-3H3,(H,25,31). The van der Waals surface area contributed by atoms with Crippen LogP contribution in [0.3, 0.4) is 0 Å². The number of aryl methyl sites for hydroxylation is 1. The molecule has 8 nitrogen and oxygen atoms in total. The number of rotatable bonds is 5. The fourth-order valence-corrected chi connectivity index (χ4v) is 3.48. The second-order valence-corrected chi connectivity index (χ2v) is 7.38. The summed E-state index contributed by atoms with van der Waals surface area (Å²) in [4.78, 5) is 38.3. The van der Waals surface area contributed by atoms with E-state index in [1.54, 1.807) is 30.8 Å². The molecule has 0 aliphatic heterocycles. The van der Waals surface area contributed by atoms with Crippen LogP contribution in [0.2, 0.25) is 0 Å². The van der Waals surface area contributed by atoms with E-state index in [0.717, 1.165) is 12.1 Å². The predicted molar refractivity (Wildman–Crippen MR) is 123 cm³/mol. The van der Waals surface area contributed by atoms with Crippen LogP contribution in [0.5, 0.6) is 0 Å². The van der Waals surface area contributed by atoms with Crippen LogP contribution in [0.25, 0.3) is 11.4 Å². The average Bonchev–Trinajstić information content (AvgIpc) is 3.03. The van der Waals surface area contributed by atoms with Gasteiger partial charge in [0.15, 0.2) is 5.69 Å². The molecule has 1 N–H and O–H groups in total. The monoisotopic (exact) mass is 429 g/mol. The third kappa shape index (κ3) is 3.78. The molecule has 0 aliphatic carbocycles. The molecular weight excluding hydrogens is 406 g/mol. The van der Waals surface area contributed by atoms with E-state index < -0.39 is 16.9 Å². The Kier molecular flexibility index (Phi) is 5.59. The van der Waals surface area contributed by atoms with Crippen LogP contribution in [0.1, 0.15) is 28.7 Å². The molecule has 0 saturated heterocycles. The van der Waals surface area contributed by atoms with Gasteiger partial charge in [-0.1, -0.05) is 37.3 Å². The van der Waals surface area contributed by atoms with Gasteiger partial charge in [-0.15, -0.1) is 0 Å². The van der Waals surface area contributed by atoms with Crippen LogP contribution in [0.15, 0.2) is 76.4 Å². The Bertz CT molecular complexity index is 1400. The van der Waals surface area contributed by atoms with E-state index in [-0.39, 0.29) is 11.4 Å². The first-order chi connectivity index (χ1) is 15.4. The SMILES string of the molecule is CCc1ccc(-n2ccc(=O)c(C(=O)Nc3c(C)n(C)n(-c4ccccc4)c3=O)n2)cc1. The number of hydrogen-bond acceptors (Lipinski definition) is 4. The molecule has 0 fully saturated rings. The molecule has 0 radical (unpaired) electrons. The smallest absolute Gasteiger partial charge is 0.295 e. The highest BCUT2D eigenvalue weighted by Crippen LogP contribution is 2.15. The third-order valence-corrected chi connectivity index (χ3v) is 5.43.